The van der Waals surface area contributed by atoms with Gasteiger partial charge in [0.25, 0.3) is 0 Å². The zero-order chi connectivity index (χ0) is 25.3. The van der Waals surface area contributed by atoms with Gasteiger partial charge in [0.1, 0.15) is 23.5 Å². The lowest BCUT2D eigenvalue weighted by atomic mass is 9.50. The molecule has 1 aromatic rings. The normalized spacial score (nSPS) is 34.8. The molecule has 1 aromatic carbocycles. The molecule has 7 rings (SSSR count). The highest BCUT2D eigenvalue weighted by Crippen LogP contribution is 2.61. The summed E-state index contributed by atoms with van der Waals surface area (Å²) in [4.78, 5) is 0. The van der Waals surface area contributed by atoms with Crippen molar-refractivity contribution in [3.8, 4) is 17.9 Å². The minimum absolute atomic E-state index is 0.0806. The molecule has 4 bridgehead atoms. The van der Waals surface area contributed by atoms with Crippen molar-refractivity contribution in [3.05, 3.63) is 28.8 Å². The lowest BCUT2D eigenvalue weighted by Crippen LogP contribution is -2.45. The van der Waals surface area contributed by atoms with E-state index in [1.165, 1.54) is 96.3 Å². The minimum atomic E-state index is 0.0806. The van der Waals surface area contributed by atoms with Crippen molar-refractivity contribution in [1.29, 1.82) is 10.5 Å². The van der Waals surface area contributed by atoms with Gasteiger partial charge < -0.3 is 4.74 Å². The van der Waals surface area contributed by atoms with Gasteiger partial charge >= 0.3 is 0 Å². The zero-order valence-corrected chi connectivity index (χ0v) is 22.9. The molecule has 0 spiro atoms. The maximum Gasteiger partial charge on any atom is 0.138 e. The molecule has 6 saturated carbocycles. The topological polar surface area (TPSA) is 56.8 Å². The first-order valence-electron chi connectivity index (χ1n) is 15.1. The fourth-order valence-electron chi connectivity index (χ4n) is 8.86. The molecule has 6 aliphatic rings. The van der Waals surface area contributed by atoms with Crippen LogP contribution in [0.5, 0.6) is 5.75 Å². The second kappa shape index (κ2) is 10.0. The Morgan fingerprint density at radius 3 is 1.78 bits per heavy atom. The Kier molecular flexibility index (Phi) is 7.15. The van der Waals surface area contributed by atoms with Gasteiger partial charge in [0, 0.05) is 5.41 Å². The average Bonchev–Trinajstić information content (AvgIpc) is 2.93. The Labute approximate surface area is 219 Å². The fourth-order valence-corrected chi connectivity index (χ4v) is 8.86. The van der Waals surface area contributed by atoms with Gasteiger partial charge in [0.2, 0.25) is 0 Å². The molecule has 3 nitrogen and oxygen atoms in total. The summed E-state index contributed by atoms with van der Waals surface area (Å²) in [6, 6.07) is 9.04. The molecule has 6 aliphatic carbocycles. The molecule has 6 fully saturated rings. The van der Waals surface area contributed by atoms with Gasteiger partial charge in [-0.1, -0.05) is 45.6 Å². The maximum absolute atomic E-state index is 10.2. The fraction of sp³-hybridized carbons (Fsp3) is 0.758. The standard InChI is InChI=1S/C33H46N2O/c1-3-5-6-10-31-11-14-32(15-12-31,16-13-31)25-36-29-8-7-28(26(23-34)27(29)24-35)33-20-17-30(9-4-2,18-21-33)19-22-33/h7-8H,3-6,9-22,25H2,1-2H3. The molecule has 194 valence electrons. The summed E-state index contributed by atoms with van der Waals surface area (Å²) in [5, 5.41) is 20.4. The van der Waals surface area contributed by atoms with E-state index in [2.05, 4.69) is 32.1 Å². The molecule has 0 aromatic heterocycles. The van der Waals surface area contributed by atoms with Crippen LogP contribution >= 0.6 is 0 Å². The third-order valence-electron chi connectivity index (χ3n) is 11.5. The van der Waals surface area contributed by atoms with E-state index in [9.17, 15) is 10.5 Å². The highest BCUT2D eigenvalue weighted by atomic mass is 16.5. The minimum Gasteiger partial charge on any atom is -0.492 e. The average molecular weight is 487 g/mol. The van der Waals surface area contributed by atoms with Crippen molar-refractivity contribution in [1.82, 2.24) is 0 Å². The Morgan fingerprint density at radius 2 is 1.22 bits per heavy atom. The number of hydrogen-bond acceptors (Lipinski definition) is 3. The van der Waals surface area contributed by atoms with E-state index in [-0.39, 0.29) is 10.8 Å². The molecular formula is C33H46N2O. The van der Waals surface area contributed by atoms with Crippen LogP contribution in [-0.2, 0) is 5.41 Å². The quantitative estimate of drug-likeness (QED) is 0.310. The van der Waals surface area contributed by atoms with E-state index in [4.69, 9.17) is 4.74 Å². The predicted octanol–water partition coefficient (Wildman–Crippen LogP) is 9.12. The summed E-state index contributed by atoms with van der Waals surface area (Å²) in [6.07, 6.45) is 23.2. The SMILES string of the molecule is CCCCCC12CCC(COc3ccc(C45CCC(CCC)(CC4)CC5)c(C#N)c3C#N)(CC1)CC2. The molecule has 0 radical (unpaired) electrons. The van der Waals surface area contributed by atoms with E-state index in [0.717, 1.165) is 24.8 Å². The third-order valence-corrected chi connectivity index (χ3v) is 11.5. The molecular weight excluding hydrogens is 440 g/mol. The first-order valence-corrected chi connectivity index (χ1v) is 15.1. The number of ether oxygens (including phenoxy) is 1. The largest absolute Gasteiger partial charge is 0.492 e. The molecule has 0 heterocycles. The van der Waals surface area contributed by atoms with E-state index in [1.807, 2.05) is 6.07 Å². The van der Waals surface area contributed by atoms with Crippen LogP contribution in [0.3, 0.4) is 0 Å². The van der Waals surface area contributed by atoms with Crippen LogP contribution in [0, 0.1) is 38.9 Å². The molecule has 0 aliphatic heterocycles. The second-order valence-electron chi connectivity index (χ2n) is 13.4. The number of nitriles is 2. The number of nitrogens with zero attached hydrogens (tertiary/aromatic N) is 2. The van der Waals surface area contributed by atoms with Crippen LogP contribution in [0.1, 0.15) is 146 Å². The van der Waals surface area contributed by atoms with E-state index in [0.29, 0.717) is 34.3 Å². The van der Waals surface area contributed by atoms with Gasteiger partial charge in [-0.15, -0.1) is 0 Å². The summed E-state index contributed by atoms with van der Waals surface area (Å²) >= 11 is 0. The van der Waals surface area contributed by atoms with Crippen LogP contribution < -0.4 is 4.74 Å². The van der Waals surface area contributed by atoms with Crippen molar-refractivity contribution in [3.63, 3.8) is 0 Å². The Bertz CT molecular complexity index is 992. The summed E-state index contributed by atoms with van der Waals surface area (Å²) in [7, 11) is 0. The van der Waals surface area contributed by atoms with Gasteiger partial charge in [0.05, 0.1) is 12.2 Å². The number of rotatable bonds is 10. The number of benzene rings is 1. The third kappa shape index (κ3) is 4.46. The number of hydrogen-bond donors (Lipinski definition) is 0. The van der Waals surface area contributed by atoms with Crippen molar-refractivity contribution in [2.24, 2.45) is 16.2 Å². The molecule has 0 atom stereocenters. The lowest BCUT2D eigenvalue weighted by Gasteiger charge is -2.54. The van der Waals surface area contributed by atoms with Crippen molar-refractivity contribution in [2.75, 3.05) is 6.61 Å². The van der Waals surface area contributed by atoms with Crippen LogP contribution in [-0.4, -0.2) is 6.61 Å². The summed E-state index contributed by atoms with van der Waals surface area (Å²) in [6.45, 7) is 5.30. The van der Waals surface area contributed by atoms with E-state index in [1.54, 1.807) is 0 Å². The Morgan fingerprint density at radius 1 is 0.667 bits per heavy atom. The lowest BCUT2D eigenvalue weighted by molar-refractivity contribution is -0.0409. The van der Waals surface area contributed by atoms with Crippen LogP contribution in [0.25, 0.3) is 0 Å². The van der Waals surface area contributed by atoms with Gasteiger partial charge in [-0.05, 0) is 118 Å². The molecule has 36 heavy (non-hydrogen) atoms. The van der Waals surface area contributed by atoms with Gasteiger partial charge in [0.15, 0.2) is 0 Å². The zero-order valence-electron chi connectivity index (χ0n) is 22.9. The molecule has 0 N–H and O–H groups in total. The monoisotopic (exact) mass is 486 g/mol. The molecule has 0 saturated heterocycles. The number of fused-ring (bicyclic) bond motifs is 6. The maximum atomic E-state index is 10.2. The Balaban J connectivity index is 1.29. The van der Waals surface area contributed by atoms with Gasteiger partial charge in [-0.25, -0.2) is 0 Å². The van der Waals surface area contributed by atoms with E-state index < -0.39 is 0 Å². The van der Waals surface area contributed by atoms with Crippen LogP contribution in [0.4, 0.5) is 0 Å². The first-order chi connectivity index (χ1) is 17.5. The first kappa shape index (κ1) is 25.6. The van der Waals surface area contributed by atoms with Gasteiger partial charge in [-0.3, -0.25) is 0 Å². The van der Waals surface area contributed by atoms with Crippen molar-refractivity contribution < 1.29 is 4.74 Å². The second-order valence-corrected chi connectivity index (χ2v) is 13.4. The molecule has 0 unspecified atom stereocenters. The van der Waals surface area contributed by atoms with Crippen molar-refractivity contribution >= 4 is 0 Å². The Hall–Kier alpha value is -2.00. The summed E-state index contributed by atoms with van der Waals surface area (Å²) in [5.41, 5.74) is 3.69. The highest BCUT2D eigenvalue weighted by Gasteiger charge is 2.50. The van der Waals surface area contributed by atoms with Crippen LogP contribution in [0.15, 0.2) is 12.1 Å². The van der Waals surface area contributed by atoms with Crippen LogP contribution in [0.2, 0.25) is 0 Å². The summed E-state index contributed by atoms with van der Waals surface area (Å²) in [5.74, 6) is 0.640. The summed E-state index contributed by atoms with van der Waals surface area (Å²) < 4.78 is 6.45. The smallest absolute Gasteiger partial charge is 0.138 e. The predicted molar refractivity (Wildman–Crippen MR) is 145 cm³/mol. The molecule has 3 heteroatoms. The van der Waals surface area contributed by atoms with E-state index >= 15 is 0 Å². The van der Waals surface area contributed by atoms with Gasteiger partial charge in [-0.2, -0.15) is 10.5 Å². The molecule has 0 amide bonds. The van der Waals surface area contributed by atoms with Crippen molar-refractivity contribution in [2.45, 2.75) is 135 Å². The number of unbranched alkanes of at least 4 members (excludes halogenated alkanes) is 2. The highest BCUT2D eigenvalue weighted by molar-refractivity contribution is 5.60.